The SMILES string of the molecule is NC1=NC(c2ccc(Cl)cc2)=CC(c2cccc(Br)c2)S1. The molecule has 0 fully saturated rings. The fraction of sp³-hybridized carbons (Fsp3) is 0.0625. The van der Waals surface area contributed by atoms with Crippen LogP contribution in [0.5, 0.6) is 0 Å². The fourth-order valence-corrected chi connectivity index (χ4v) is 3.55. The minimum Gasteiger partial charge on any atom is -0.378 e. The Morgan fingerprint density at radius 3 is 2.62 bits per heavy atom. The summed E-state index contributed by atoms with van der Waals surface area (Å²) < 4.78 is 1.06. The van der Waals surface area contributed by atoms with Crippen molar-refractivity contribution in [1.29, 1.82) is 0 Å². The van der Waals surface area contributed by atoms with Crippen LogP contribution in [0.1, 0.15) is 16.4 Å². The molecule has 3 rings (SSSR count). The summed E-state index contributed by atoms with van der Waals surface area (Å²) >= 11 is 11.0. The Kier molecular flexibility index (Phi) is 4.38. The lowest BCUT2D eigenvalue weighted by molar-refractivity contribution is 1.21. The van der Waals surface area contributed by atoms with Gasteiger partial charge in [0.15, 0.2) is 5.17 Å². The number of hydrogen-bond acceptors (Lipinski definition) is 3. The summed E-state index contributed by atoms with van der Waals surface area (Å²) in [7, 11) is 0. The third kappa shape index (κ3) is 3.51. The molecule has 106 valence electrons. The van der Waals surface area contributed by atoms with Crippen LogP contribution in [0.25, 0.3) is 5.70 Å². The van der Waals surface area contributed by atoms with E-state index in [0.29, 0.717) is 10.2 Å². The first-order chi connectivity index (χ1) is 10.1. The fourth-order valence-electron chi connectivity index (χ4n) is 2.12. The van der Waals surface area contributed by atoms with Gasteiger partial charge >= 0.3 is 0 Å². The highest BCUT2D eigenvalue weighted by Gasteiger charge is 2.18. The van der Waals surface area contributed by atoms with E-state index in [1.807, 2.05) is 36.4 Å². The van der Waals surface area contributed by atoms with E-state index in [9.17, 15) is 0 Å². The molecule has 2 nitrogen and oxygen atoms in total. The standard InChI is InChI=1S/C16H12BrClN2S/c17-12-3-1-2-11(8-12)15-9-14(20-16(19)21-15)10-4-6-13(18)7-5-10/h1-9,15H,(H2,19,20). The highest BCUT2D eigenvalue weighted by Crippen LogP contribution is 2.38. The van der Waals surface area contributed by atoms with Crippen molar-refractivity contribution in [3.8, 4) is 0 Å². The number of halogens is 2. The molecule has 0 saturated carbocycles. The summed E-state index contributed by atoms with van der Waals surface area (Å²) in [6.45, 7) is 0. The Bertz CT molecular complexity index is 725. The second kappa shape index (κ2) is 6.26. The first-order valence-corrected chi connectivity index (χ1v) is 8.41. The van der Waals surface area contributed by atoms with Gasteiger partial charge in [-0.15, -0.1) is 0 Å². The Balaban J connectivity index is 1.98. The zero-order chi connectivity index (χ0) is 14.8. The third-order valence-electron chi connectivity index (χ3n) is 3.10. The lowest BCUT2D eigenvalue weighted by Crippen LogP contribution is -2.12. The first kappa shape index (κ1) is 14.7. The summed E-state index contributed by atoms with van der Waals surface area (Å²) in [6, 6.07) is 15.9. The maximum Gasteiger partial charge on any atom is 0.160 e. The van der Waals surface area contributed by atoms with Gasteiger partial charge in [0.25, 0.3) is 0 Å². The van der Waals surface area contributed by atoms with Crippen molar-refractivity contribution in [2.75, 3.05) is 0 Å². The molecule has 0 aromatic heterocycles. The van der Waals surface area contributed by atoms with E-state index in [-0.39, 0.29) is 5.25 Å². The van der Waals surface area contributed by atoms with Gasteiger partial charge in [-0.2, -0.15) is 0 Å². The van der Waals surface area contributed by atoms with Crippen LogP contribution in [0.3, 0.4) is 0 Å². The van der Waals surface area contributed by atoms with Crippen molar-refractivity contribution in [2.45, 2.75) is 5.25 Å². The zero-order valence-corrected chi connectivity index (χ0v) is 14.1. The van der Waals surface area contributed by atoms with Crippen molar-refractivity contribution in [1.82, 2.24) is 0 Å². The van der Waals surface area contributed by atoms with E-state index in [4.69, 9.17) is 17.3 Å². The summed E-state index contributed by atoms with van der Waals surface area (Å²) in [4.78, 5) is 4.44. The molecule has 0 spiro atoms. The Hall–Kier alpha value is -1.23. The highest BCUT2D eigenvalue weighted by atomic mass is 79.9. The quantitative estimate of drug-likeness (QED) is 0.774. The normalized spacial score (nSPS) is 18.1. The van der Waals surface area contributed by atoms with Crippen molar-refractivity contribution >= 4 is 50.2 Å². The van der Waals surface area contributed by atoms with E-state index in [1.54, 1.807) is 11.8 Å². The molecule has 5 heteroatoms. The number of rotatable bonds is 2. The lowest BCUT2D eigenvalue weighted by atomic mass is 10.1. The van der Waals surface area contributed by atoms with E-state index >= 15 is 0 Å². The van der Waals surface area contributed by atoms with Crippen LogP contribution in [0.15, 0.2) is 64.1 Å². The van der Waals surface area contributed by atoms with Crippen molar-refractivity contribution in [3.05, 3.63) is 75.2 Å². The Morgan fingerprint density at radius 2 is 1.90 bits per heavy atom. The van der Waals surface area contributed by atoms with Gasteiger partial charge in [0.1, 0.15) is 0 Å². The van der Waals surface area contributed by atoms with Gasteiger partial charge < -0.3 is 5.73 Å². The van der Waals surface area contributed by atoms with Gasteiger partial charge in [0.2, 0.25) is 0 Å². The predicted octanol–water partition coefficient (Wildman–Crippen LogP) is 5.25. The van der Waals surface area contributed by atoms with Crippen molar-refractivity contribution in [2.24, 2.45) is 10.7 Å². The molecule has 0 bridgehead atoms. The molecule has 0 amide bonds. The molecule has 0 radical (unpaired) electrons. The molecular weight excluding hydrogens is 368 g/mol. The number of benzene rings is 2. The molecule has 1 aliphatic rings. The van der Waals surface area contributed by atoms with Gasteiger partial charge in [0.05, 0.1) is 10.9 Å². The molecule has 2 N–H and O–H groups in total. The minimum atomic E-state index is 0.158. The lowest BCUT2D eigenvalue weighted by Gasteiger charge is -2.19. The Labute approximate surface area is 141 Å². The van der Waals surface area contributed by atoms with Crippen LogP contribution in [0.4, 0.5) is 0 Å². The zero-order valence-electron chi connectivity index (χ0n) is 11.0. The second-order valence-corrected chi connectivity index (χ2v) is 7.12. The molecule has 1 atom stereocenters. The topological polar surface area (TPSA) is 38.4 Å². The van der Waals surface area contributed by atoms with E-state index in [1.165, 1.54) is 5.56 Å². The highest BCUT2D eigenvalue weighted by molar-refractivity contribution is 9.10. The van der Waals surface area contributed by atoms with Gasteiger partial charge in [-0.05, 0) is 35.9 Å². The number of amidine groups is 1. The monoisotopic (exact) mass is 378 g/mol. The van der Waals surface area contributed by atoms with Crippen LogP contribution in [0, 0.1) is 0 Å². The average molecular weight is 380 g/mol. The van der Waals surface area contributed by atoms with Gasteiger partial charge in [-0.1, -0.05) is 63.6 Å². The molecule has 1 unspecified atom stereocenters. The average Bonchev–Trinajstić information content (AvgIpc) is 2.47. The molecular formula is C16H12BrClN2S. The third-order valence-corrected chi connectivity index (χ3v) is 4.84. The second-order valence-electron chi connectivity index (χ2n) is 4.60. The smallest absolute Gasteiger partial charge is 0.160 e. The molecule has 2 aromatic rings. The number of aliphatic imine (C=N–C) groups is 1. The number of hydrogen-bond donors (Lipinski definition) is 1. The summed E-state index contributed by atoms with van der Waals surface area (Å²) in [5, 5.41) is 1.45. The molecule has 1 aliphatic heterocycles. The minimum absolute atomic E-state index is 0.158. The van der Waals surface area contributed by atoms with Crippen LogP contribution >= 0.6 is 39.3 Å². The molecule has 0 saturated heterocycles. The van der Waals surface area contributed by atoms with Gasteiger partial charge in [-0.25, -0.2) is 4.99 Å². The number of nitrogens with zero attached hydrogens (tertiary/aromatic N) is 1. The summed E-state index contributed by atoms with van der Waals surface area (Å²) in [5.41, 5.74) is 9.08. The molecule has 21 heavy (non-hydrogen) atoms. The maximum absolute atomic E-state index is 5.99. The van der Waals surface area contributed by atoms with Gasteiger partial charge in [0, 0.05) is 15.1 Å². The van der Waals surface area contributed by atoms with Crippen molar-refractivity contribution < 1.29 is 0 Å². The van der Waals surface area contributed by atoms with Crippen LogP contribution < -0.4 is 5.73 Å². The molecule has 0 aliphatic carbocycles. The van der Waals surface area contributed by atoms with E-state index in [2.05, 4.69) is 39.1 Å². The first-order valence-electron chi connectivity index (χ1n) is 6.36. The predicted molar refractivity (Wildman–Crippen MR) is 95.5 cm³/mol. The maximum atomic E-state index is 5.99. The summed E-state index contributed by atoms with van der Waals surface area (Å²) in [5.74, 6) is 0. The van der Waals surface area contributed by atoms with Crippen LogP contribution in [0.2, 0.25) is 5.02 Å². The van der Waals surface area contributed by atoms with E-state index in [0.717, 1.165) is 15.7 Å². The van der Waals surface area contributed by atoms with Crippen LogP contribution in [-0.4, -0.2) is 5.17 Å². The largest absolute Gasteiger partial charge is 0.378 e. The van der Waals surface area contributed by atoms with Crippen molar-refractivity contribution in [3.63, 3.8) is 0 Å². The number of nitrogens with two attached hydrogens (primary N) is 1. The molecule has 1 heterocycles. The van der Waals surface area contributed by atoms with E-state index < -0.39 is 0 Å². The Morgan fingerprint density at radius 1 is 1.14 bits per heavy atom. The number of thioether (sulfide) groups is 1. The van der Waals surface area contributed by atoms with Crippen LogP contribution in [-0.2, 0) is 0 Å². The molecule has 2 aromatic carbocycles. The summed E-state index contributed by atoms with van der Waals surface area (Å²) in [6.07, 6.45) is 2.13. The van der Waals surface area contributed by atoms with Gasteiger partial charge in [-0.3, -0.25) is 0 Å².